The highest BCUT2D eigenvalue weighted by Gasteiger charge is 2.14. The van der Waals surface area contributed by atoms with Gasteiger partial charge in [-0.05, 0) is 75.7 Å². The van der Waals surface area contributed by atoms with E-state index in [9.17, 15) is 10.1 Å². The molecule has 0 amide bonds. The first-order valence-electron chi connectivity index (χ1n) is 12.9. The van der Waals surface area contributed by atoms with Gasteiger partial charge in [-0.1, -0.05) is 18.6 Å². The fourth-order valence-corrected chi connectivity index (χ4v) is 4.65. The van der Waals surface area contributed by atoms with Crippen LogP contribution in [0.25, 0.3) is 17.0 Å². The van der Waals surface area contributed by atoms with Crippen LogP contribution < -0.4 is 15.6 Å². The van der Waals surface area contributed by atoms with E-state index >= 15 is 0 Å². The number of likely N-dealkylation sites (tertiary alicyclic amines) is 1. The van der Waals surface area contributed by atoms with Gasteiger partial charge in [0.25, 0.3) is 11.6 Å². The van der Waals surface area contributed by atoms with Crippen LogP contribution in [0.3, 0.4) is 0 Å². The topological polar surface area (TPSA) is 96.3 Å². The first kappa shape index (κ1) is 25.3. The molecule has 0 radical (unpaired) electrons. The summed E-state index contributed by atoms with van der Waals surface area (Å²) in [6.07, 6.45) is 7.15. The zero-order valence-electron chi connectivity index (χ0n) is 21.7. The molecule has 3 heterocycles. The summed E-state index contributed by atoms with van der Waals surface area (Å²) < 4.78 is 13.5. The van der Waals surface area contributed by atoms with Crippen molar-refractivity contribution < 1.29 is 9.15 Å². The van der Waals surface area contributed by atoms with E-state index in [4.69, 9.17) is 9.15 Å². The Morgan fingerprint density at radius 3 is 2.74 bits per heavy atom. The summed E-state index contributed by atoms with van der Waals surface area (Å²) in [6.45, 7) is 7.64. The Bertz CT molecular complexity index is 1530. The van der Waals surface area contributed by atoms with Crippen molar-refractivity contribution >= 4 is 11.7 Å². The Kier molecular flexibility index (Phi) is 7.57. The fraction of sp³-hybridized carbons (Fsp3) is 0.300. The van der Waals surface area contributed by atoms with Crippen molar-refractivity contribution in [2.75, 3.05) is 31.6 Å². The number of aromatic nitrogens is 2. The predicted molar refractivity (Wildman–Crippen MR) is 147 cm³/mol. The number of aryl methyl sites for hydroxylation is 2. The number of nitrogens with zero attached hydrogens (tertiary/aromatic N) is 4. The molecule has 2 aromatic carbocycles. The van der Waals surface area contributed by atoms with Gasteiger partial charge >= 0.3 is 0 Å². The number of hydrogen-bond acceptors (Lipinski definition) is 7. The summed E-state index contributed by atoms with van der Waals surface area (Å²) in [6, 6.07) is 17.2. The molecule has 0 atom stereocenters. The third kappa shape index (κ3) is 5.63. The monoisotopic (exact) mass is 509 g/mol. The summed E-state index contributed by atoms with van der Waals surface area (Å²) in [5, 5.41) is 12.9. The quantitative estimate of drug-likeness (QED) is 0.331. The average Bonchev–Trinajstić information content (AvgIpc) is 3.41. The standard InChI is InChI=1S/C30H31N5O3/c1-21-8-11-25(37-16-15-34-12-4-3-5-13-34)18-26(21)33-30-32-20-28(38-30)23-9-10-24(19-31)27(17-23)35-14-6-7-22(2)29(35)36/h6-11,14,17-18,20H,3-5,12-13,15-16H2,1-2H3,(H,32,33). The third-order valence-electron chi connectivity index (χ3n) is 6.88. The molecular formula is C30H31N5O3. The van der Waals surface area contributed by atoms with Crippen LogP contribution in [0.1, 0.15) is 36.0 Å². The second-order valence-electron chi connectivity index (χ2n) is 9.59. The number of anilines is 2. The smallest absolute Gasteiger partial charge is 0.299 e. The Balaban J connectivity index is 1.32. The molecule has 1 aliphatic heterocycles. The van der Waals surface area contributed by atoms with Crippen molar-refractivity contribution in [2.45, 2.75) is 33.1 Å². The van der Waals surface area contributed by atoms with Gasteiger partial charge in [-0.3, -0.25) is 14.3 Å². The van der Waals surface area contributed by atoms with Crippen molar-refractivity contribution in [1.29, 1.82) is 5.26 Å². The van der Waals surface area contributed by atoms with E-state index in [1.807, 2.05) is 25.1 Å². The van der Waals surface area contributed by atoms with E-state index in [-0.39, 0.29) is 5.56 Å². The summed E-state index contributed by atoms with van der Waals surface area (Å²) >= 11 is 0. The SMILES string of the molecule is Cc1ccc(OCCN2CCCCC2)cc1Nc1ncc(-c2ccc(C#N)c(-n3cccc(C)c3=O)c2)o1. The second kappa shape index (κ2) is 11.4. The fourth-order valence-electron chi connectivity index (χ4n) is 4.65. The van der Waals surface area contributed by atoms with E-state index < -0.39 is 0 Å². The second-order valence-corrected chi connectivity index (χ2v) is 9.59. The average molecular weight is 510 g/mol. The van der Waals surface area contributed by atoms with E-state index in [0.29, 0.717) is 40.8 Å². The number of pyridine rings is 1. The van der Waals surface area contributed by atoms with Gasteiger partial charge in [0.05, 0.1) is 17.4 Å². The molecule has 0 aliphatic carbocycles. The molecule has 38 heavy (non-hydrogen) atoms. The number of nitrogens with one attached hydrogen (secondary N) is 1. The number of ether oxygens (including phenoxy) is 1. The largest absolute Gasteiger partial charge is 0.492 e. The Labute approximate surface area is 222 Å². The Hall–Kier alpha value is -4.35. The molecule has 0 bridgehead atoms. The highest BCUT2D eigenvalue weighted by atomic mass is 16.5. The van der Waals surface area contributed by atoms with Crippen LogP contribution in [0.5, 0.6) is 5.75 Å². The molecule has 0 unspecified atom stereocenters. The number of benzene rings is 2. The maximum Gasteiger partial charge on any atom is 0.299 e. The Morgan fingerprint density at radius 1 is 1.08 bits per heavy atom. The number of rotatable bonds is 8. The molecule has 0 spiro atoms. The number of piperidine rings is 1. The molecule has 0 saturated carbocycles. The summed E-state index contributed by atoms with van der Waals surface area (Å²) in [5.41, 5.74) is 3.91. The predicted octanol–water partition coefficient (Wildman–Crippen LogP) is 5.59. The van der Waals surface area contributed by atoms with Gasteiger partial charge in [-0.15, -0.1) is 0 Å². The highest BCUT2D eigenvalue weighted by molar-refractivity contribution is 5.66. The van der Waals surface area contributed by atoms with Crippen LogP contribution in [0.4, 0.5) is 11.7 Å². The molecule has 8 nitrogen and oxygen atoms in total. The van der Waals surface area contributed by atoms with E-state index in [1.165, 1.54) is 23.8 Å². The van der Waals surface area contributed by atoms with Gasteiger partial charge in [-0.2, -0.15) is 5.26 Å². The molecule has 1 aliphatic rings. The van der Waals surface area contributed by atoms with Gasteiger partial charge in [0.2, 0.25) is 0 Å². The lowest BCUT2D eigenvalue weighted by atomic mass is 10.1. The molecule has 1 N–H and O–H groups in total. The number of oxazole rings is 1. The van der Waals surface area contributed by atoms with Crippen molar-refractivity contribution in [3.63, 3.8) is 0 Å². The lowest BCUT2D eigenvalue weighted by Crippen LogP contribution is -2.33. The van der Waals surface area contributed by atoms with E-state index in [1.54, 1.807) is 49.6 Å². The lowest BCUT2D eigenvalue weighted by Gasteiger charge is -2.26. The minimum absolute atomic E-state index is 0.172. The normalized spacial score (nSPS) is 13.7. The maximum absolute atomic E-state index is 12.7. The van der Waals surface area contributed by atoms with Crippen molar-refractivity contribution in [2.24, 2.45) is 0 Å². The van der Waals surface area contributed by atoms with Crippen LogP contribution in [0.2, 0.25) is 0 Å². The van der Waals surface area contributed by atoms with Crippen LogP contribution >= 0.6 is 0 Å². The van der Waals surface area contributed by atoms with Gasteiger partial charge in [0, 0.05) is 35.6 Å². The number of nitriles is 1. The van der Waals surface area contributed by atoms with Gasteiger partial charge < -0.3 is 14.5 Å². The molecule has 5 rings (SSSR count). The summed E-state index contributed by atoms with van der Waals surface area (Å²) in [5.74, 6) is 1.31. The van der Waals surface area contributed by atoms with E-state index in [0.717, 1.165) is 36.6 Å². The molecule has 8 heteroatoms. The number of hydrogen-bond donors (Lipinski definition) is 1. The molecule has 1 saturated heterocycles. The van der Waals surface area contributed by atoms with Crippen molar-refractivity contribution in [1.82, 2.24) is 14.5 Å². The minimum atomic E-state index is -0.172. The highest BCUT2D eigenvalue weighted by Crippen LogP contribution is 2.30. The molecular weight excluding hydrogens is 478 g/mol. The molecule has 1 fully saturated rings. The maximum atomic E-state index is 12.7. The summed E-state index contributed by atoms with van der Waals surface area (Å²) in [4.78, 5) is 19.5. The zero-order valence-corrected chi connectivity index (χ0v) is 21.7. The van der Waals surface area contributed by atoms with E-state index in [2.05, 4.69) is 21.3 Å². The Morgan fingerprint density at radius 2 is 1.92 bits per heavy atom. The zero-order chi connectivity index (χ0) is 26.5. The minimum Gasteiger partial charge on any atom is -0.492 e. The van der Waals surface area contributed by atoms with Gasteiger partial charge in [0.1, 0.15) is 18.4 Å². The molecule has 194 valence electrons. The van der Waals surface area contributed by atoms with Crippen molar-refractivity contribution in [3.8, 4) is 28.8 Å². The van der Waals surface area contributed by atoms with Crippen LogP contribution in [0.15, 0.2) is 70.1 Å². The van der Waals surface area contributed by atoms with Crippen LogP contribution in [-0.4, -0.2) is 40.7 Å². The van der Waals surface area contributed by atoms with Crippen LogP contribution in [0, 0.1) is 25.2 Å². The first-order valence-corrected chi connectivity index (χ1v) is 12.9. The summed E-state index contributed by atoms with van der Waals surface area (Å²) in [7, 11) is 0. The van der Waals surface area contributed by atoms with Gasteiger partial charge in [-0.25, -0.2) is 4.98 Å². The molecule has 4 aromatic rings. The lowest BCUT2D eigenvalue weighted by molar-refractivity contribution is 0.183. The molecule has 2 aromatic heterocycles. The first-order chi connectivity index (χ1) is 18.5. The van der Waals surface area contributed by atoms with Crippen LogP contribution in [-0.2, 0) is 0 Å². The van der Waals surface area contributed by atoms with Gasteiger partial charge in [0.15, 0.2) is 5.76 Å². The third-order valence-corrected chi connectivity index (χ3v) is 6.88. The van der Waals surface area contributed by atoms with Crippen molar-refractivity contribution in [3.05, 3.63) is 88.0 Å².